The zero-order valence-electron chi connectivity index (χ0n) is 27.4. The molecule has 0 N–H and O–H groups in total. The van der Waals surface area contributed by atoms with Crippen molar-refractivity contribution < 1.29 is 111 Å². The molecule has 0 aliphatic heterocycles. The predicted molar refractivity (Wildman–Crippen MR) is 180 cm³/mol. The Hall–Kier alpha value is -1.57. The quantitative estimate of drug-likeness (QED) is 0.131. The monoisotopic (exact) mass is 878 g/mol. The van der Waals surface area contributed by atoms with Gasteiger partial charge in [-0.1, -0.05) is 44.6 Å². The zero-order valence-corrected chi connectivity index (χ0v) is 27.4. The molecule has 2 radical (unpaired) electrons. The molecule has 26 heteroatoms. The summed E-state index contributed by atoms with van der Waals surface area (Å²) in [6.07, 6.45) is -16.6. The number of rotatable bonds is 9. The SMILES string of the molecule is C.C.C.C.C.C.CC(F)(CF)OC(F)(F)CF.CCF.CCF.CCOC.CF.CF.CF.CF.FCF.FCOC(OCF)(C(F)(F)F)C(F)(F)F.[BH]. The van der Waals surface area contributed by atoms with E-state index in [-0.39, 0.29) is 66.3 Å². The number of alkyl halides is 21. The third-order valence-corrected chi connectivity index (χ3v) is 2.31. The highest BCUT2D eigenvalue weighted by molar-refractivity contribution is 5.75. The number of hydrogen-bond acceptors (Lipinski definition) is 4. The maximum atomic E-state index is 12.3. The Balaban J connectivity index is -0.0000000209. The van der Waals surface area contributed by atoms with Crippen LogP contribution in [0.3, 0.4) is 0 Å². The lowest BCUT2D eigenvalue weighted by Crippen LogP contribution is -2.60. The van der Waals surface area contributed by atoms with Gasteiger partial charge in [0.1, 0.15) is 6.67 Å². The van der Waals surface area contributed by atoms with Gasteiger partial charge in [-0.25, -0.2) is 30.7 Å². The second-order valence-corrected chi connectivity index (χ2v) is 5.44. The fourth-order valence-corrected chi connectivity index (χ4v) is 1.05. The predicted octanol–water partition coefficient (Wildman–Crippen LogP) is 13.9. The van der Waals surface area contributed by atoms with E-state index in [4.69, 9.17) is 0 Å². The van der Waals surface area contributed by atoms with E-state index in [9.17, 15) is 92.2 Å². The van der Waals surface area contributed by atoms with Crippen LogP contribution in [0.5, 0.6) is 0 Å². The molecule has 0 spiro atoms. The first-order valence-electron chi connectivity index (χ1n) is 11.3. The van der Waals surface area contributed by atoms with Crippen LogP contribution in [-0.2, 0) is 18.9 Å². The van der Waals surface area contributed by atoms with Crippen LogP contribution in [0, 0.1) is 0 Å². The third kappa shape index (κ3) is 88.0. The molecule has 0 aromatic carbocycles. The summed E-state index contributed by atoms with van der Waals surface area (Å²) in [7, 11) is 3.68. The minimum absolute atomic E-state index is 0. The van der Waals surface area contributed by atoms with Crippen LogP contribution < -0.4 is 0 Å². The largest absolute Gasteiger partial charge is 0.453 e. The first kappa shape index (κ1) is 110. The van der Waals surface area contributed by atoms with Crippen molar-refractivity contribution in [3.05, 3.63) is 0 Å². The summed E-state index contributed by atoms with van der Waals surface area (Å²) in [5.41, 5.74) is 0. The maximum Gasteiger partial charge on any atom is 0.453 e. The number of ether oxygens (including phenoxy) is 4. The molecule has 0 amide bonds. The Bertz CT molecular complexity index is 457. The van der Waals surface area contributed by atoms with Gasteiger partial charge in [-0.15, -0.1) is 0 Å². The van der Waals surface area contributed by atoms with Gasteiger partial charge in [-0.3, -0.25) is 31.1 Å². The molecule has 0 aromatic heterocycles. The lowest BCUT2D eigenvalue weighted by Gasteiger charge is -2.34. The maximum absolute atomic E-state index is 12.3. The molecular weight excluding hydrogens is 810 g/mol. The van der Waals surface area contributed by atoms with Crippen LogP contribution in [0.2, 0.25) is 0 Å². The summed E-state index contributed by atoms with van der Waals surface area (Å²) in [5.74, 6) is -8.40. The van der Waals surface area contributed by atoms with Gasteiger partial charge in [0.2, 0.25) is 12.8 Å². The molecule has 0 saturated carbocycles. The molecule has 1 unspecified atom stereocenters. The van der Waals surface area contributed by atoms with Gasteiger partial charge < -0.3 is 14.2 Å². The van der Waals surface area contributed by atoms with Crippen molar-refractivity contribution in [1.82, 2.24) is 0 Å². The molecule has 0 aromatic rings. The Morgan fingerprint density at radius 2 is 0.648 bits per heavy atom. The first-order valence-corrected chi connectivity index (χ1v) is 11.3. The van der Waals surface area contributed by atoms with E-state index < -0.39 is 64.1 Å². The Morgan fingerprint density at radius 3 is 0.741 bits per heavy atom. The smallest absolute Gasteiger partial charge is 0.385 e. The summed E-state index contributed by atoms with van der Waals surface area (Å²) in [6.45, 7) is -4.89. The molecule has 1 atom stereocenters. The van der Waals surface area contributed by atoms with Crippen molar-refractivity contribution in [2.45, 2.75) is 102 Å². The van der Waals surface area contributed by atoms with Crippen LogP contribution in [0.25, 0.3) is 0 Å². The van der Waals surface area contributed by atoms with Gasteiger partial charge in [0.25, 0.3) is 0 Å². The highest BCUT2D eigenvalue weighted by Crippen LogP contribution is 2.46. The summed E-state index contributed by atoms with van der Waals surface area (Å²) >= 11 is 0. The van der Waals surface area contributed by atoms with E-state index in [1.807, 2.05) is 6.92 Å². The lowest BCUT2D eigenvalue weighted by molar-refractivity contribution is -0.478. The van der Waals surface area contributed by atoms with Crippen LogP contribution in [0.4, 0.5) is 92.2 Å². The molecule has 0 aliphatic carbocycles. The van der Waals surface area contributed by atoms with E-state index in [0.29, 0.717) is 35.6 Å². The van der Waals surface area contributed by atoms with Crippen LogP contribution in [0.15, 0.2) is 0 Å². The van der Waals surface area contributed by atoms with Crippen molar-refractivity contribution >= 4 is 8.41 Å². The fraction of sp³-hybridized carbons (Fsp3) is 1.00. The van der Waals surface area contributed by atoms with Gasteiger partial charge in [0.05, 0.1) is 42.1 Å². The lowest BCUT2D eigenvalue weighted by atomic mass is 10.2. The van der Waals surface area contributed by atoms with E-state index in [0.717, 1.165) is 6.61 Å². The summed E-state index contributed by atoms with van der Waals surface area (Å²) in [5, 5.41) is 0. The summed E-state index contributed by atoms with van der Waals surface area (Å²) in [6, 6.07) is 0. The van der Waals surface area contributed by atoms with Gasteiger partial charge in [-0.2, -0.15) is 35.1 Å². The van der Waals surface area contributed by atoms with E-state index in [1.165, 1.54) is 13.8 Å². The molecule has 354 valence electrons. The van der Waals surface area contributed by atoms with E-state index in [1.54, 1.807) is 7.11 Å². The number of methoxy groups -OCH3 is 1. The molecule has 4 nitrogen and oxygen atoms in total. The topological polar surface area (TPSA) is 36.9 Å². The van der Waals surface area contributed by atoms with E-state index in [2.05, 4.69) is 18.9 Å². The molecule has 0 rings (SSSR count). The molecule has 0 saturated heterocycles. The van der Waals surface area contributed by atoms with Crippen LogP contribution in [-0.4, -0.2) is 128 Å². The molecule has 0 fully saturated rings. The Labute approximate surface area is 312 Å². The first-order chi connectivity index (χ1) is 21.6. The highest BCUT2D eigenvalue weighted by Gasteiger charge is 2.75. The summed E-state index contributed by atoms with van der Waals surface area (Å²) in [4.78, 5) is 0. The van der Waals surface area contributed by atoms with Gasteiger partial charge >= 0.3 is 24.2 Å². The molecule has 0 heterocycles. The van der Waals surface area contributed by atoms with Crippen molar-refractivity contribution in [2.75, 3.05) is 89.8 Å². The second kappa shape index (κ2) is 80.0. The zero-order chi connectivity index (χ0) is 41.0. The minimum atomic E-state index is -6.15. The van der Waals surface area contributed by atoms with Crippen LogP contribution >= 0.6 is 0 Å². The van der Waals surface area contributed by atoms with Crippen molar-refractivity contribution in [3.8, 4) is 0 Å². The van der Waals surface area contributed by atoms with Crippen molar-refractivity contribution in [2.24, 2.45) is 0 Å². The highest BCUT2D eigenvalue weighted by atomic mass is 19.4. The molecule has 0 aliphatic rings. The van der Waals surface area contributed by atoms with Crippen molar-refractivity contribution in [3.63, 3.8) is 0 Å². The average molecular weight is 879 g/mol. The minimum Gasteiger partial charge on any atom is -0.385 e. The average Bonchev–Trinajstić information content (AvgIpc) is 3.01. The molecule has 54 heavy (non-hydrogen) atoms. The second-order valence-electron chi connectivity index (χ2n) is 5.44. The van der Waals surface area contributed by atoms with E-state index >= 15 is 0 Å². The fourth-order valence-electron chi connectivity index (χ4n) is 1.05. The molecular formula is C28H68BF21O4. The number of halogens is 21. The summed E-state index contributed by atoms with van der Waals surface area (Å²) < 4.78 is 244. The van der Waals surface area contributed by atoms with Crippen molar-refractivity contribution in [1.29, 1.82) is 0 Å². The normalized spacial score (nSPS) is 9.67. The Morgan fingerprint density at radius 1 is 0.463 bits per heavy atom. The van der Waals surface area contributed by atoms with Crippen LogP contribution in [0.1, 0.15) is 72.3 Å². The molecule has 0 bridgehead atoms. The van der Waals surface area contributed by atoms with Gasteiger partial charge in [0.15, 0.2) is 20.4 Å². The standard InChI is InChI=1S/C5H4F8O2.C5H7F5O.C3H8O.2C2H5F.CH2F2.4CH3F.6CH4.BH/c6-1-14-3(15-2-7,4(8,9)10)5(11,12)13;1-4(8,2-6)11-5(9,10)3-7;1-3-4-2;2*1-2-3;2-1-3;4*1-2;;;;;;;/h1-2H2;2-3H2,1H3;3H2,1-2H3;2*2H2,1H3;1H2;4*1H3;6*1H4;1H. The van der Waals surface area contributed by atoms with Gasteiger partial charge in [0, 0.05) is 22.1 Å². The third-order valence-electron chi connectivity index (χ3n) is 2.31. The van der Waals surface area contributed by atoms with Gasteiger partial charge in [-0.05, 0) is 27.7 Å². The number of hydrogen-bond donors (Lipinski definition) is 0. The Kier molecular flexibility index (Phi) is 164.